The molecule has 7 heteroatoms. The smallest absolute Gasteiger partial charge is 0.411 e. The van der Waals surface area contributed by atoms with Gasteiger partial charge in [0, 0.05) is 20.5 Å². The molecule has 1 aromatic rings. The van der Waals surface area contributed by atoms with Gasteiger partial charge >= 0.3 is 12.1 Å². The Bertz CT molecular complexity index is 828. The molecule has 0 radical (unpaired) electrons. The van der Waals surface area contributed by atoms with Crippen molar-refractivity contribution >= 4 is 18.0 Å². The Morgan fingerprint density at radius 3 is 2.32 bits per heavy atom. The monoisotopic (exact) mass is 430 g/mol. The first-order valence-corrected chi connectivity index (χ1v) is 10.5. The lowest BCUT2D eigenvalue weighted by atomic mass is 10.00. The van der Waals surface area contributed by atoms with Crippen LogP contribution in [0.3, 0.4) is 0 Å². The van der Waals surface area contributed by atoms with Gasteiger partial charge in [-0.05, 0) is 46.6 Å². The summed E-state index contributed by atoms with van der Waals surface area (Å²) >= 11 is 0. The Kier molecular flexibility index (Phi) is 7.87. The quantitative estimate of drug-likeness (QED) is 0.519. The van der Waals surface area contributed by atoms with Crippen molar-refractivity contribution in [3.05, 3.63) is 47.5 Å². The van der Waals surface area contributed by atoms with E-state index in [1.807, 2.05) is 50.3 Å². The molecular weight excluding hydrogens is 396 g/mol. The predicted octanol–water partition coefficient (Wildman–Crippen LogP) is 4.09. The average Bonchev–Trinajstić information content (AvgIpc) is 2.69. The number of benzene rings is 1. The second-order valence-corrected chi connectivity index (χ2v) is 9.04. The van der Waals surface area contributed by atoms with E-state index in [2.05, 4.69) is 0 Å². The molecule has 0 aromatic heterocycles. The number of nitrogens with zero attached hydrogens (tertiary/aromatic N) is 2. The third-order valence-corrected chi connectivity index (χ3v) is 5.35. The number of carbonyl (C=O) groups is 3. The number of amides is 2. The molecule has 170 valence electrons. The molecule has 3 atom stereocenters. The minimum absolute atomic E-state index is 0.128. The molecule has 2 unspecified atom stereocenters. The van der Waals surface area contributed by atoms with Gasteiger partial charge in [-0.1, -0.05) is 42.0 Å². The number of hydrogen-bond donors (Lipinski definition) is 0. The van der Waals surface area contributed by atoms with E-state index in [1.54, 1.807) is 32.7 Å². The molecule has 1 aliphatic rings. The van der Waals surface area contributed by atoms with Crippen LogP contribution in [0, 0.1) is 0 Å². The maximum Gasteiger partial charge on any atom is 0.411 e. The van der Waals surface area contributed by atoms with E-state index < -0.39 is 29.8 Å². The zero-order valence-corrected chi connectivity index (χ0v) is 19.5. The van der Waals surface area contributed by atoms with E-state index in [0.29, 0.717) is 6.42 Å². The van der Waals surface area contributed by atoms with Crippen molar-refractivity contribution in [2.24, 2.45) is 0 Å². The molecule has 0 aliphatic carbocycles. The van der Waals surface area contributed by atoms with E-state index in [-0.39, 0.29) is 18.5 Å². The SMILES string of the molecule is CC(=O)N(C)C(C)C(OC(=O)[C@@H]1CC(C)=CCN1C(=O)OC(C)(C)C)c1ccccc1. The van der Waals surface area contributed by atoms with Gasteiger partial charge in [0.05, 0.1) is 6.04 Å². The van der Waals surface area contributed by atoms with Gasteiger partial charge < -0.3 is 14.4 Å². The Balaban J connectivity index is 2.30. The molecular formula is C24H34N2O5. The molecule has 2 amide bonds. The minimum atomic E-state index is -0.791. The van der Waals surface area contributed by atoms with E-state index >= 15 is 0 Å². The standard InChI is InChI=1S/C24H34N2O5/c1-16-13-14-26(23(29)31-24(4,5)6)20(15-16)22(28)30-21(17(2)25(7)18(3)27)19-11-9-8-10-12-19/h8-13,17,20-21H,14-15H2,1-7H3/t17?,20-,21?/m0/s1. The van der Waals surface area contributed by atoms with Gasteiger partial charge in [-0.2, -0.15) is 0 Å². The van der Waals surface area contributed by atoms with Crippen molar-refractivity contribution in [3.8, 4) is 0 Å². The average molecular weight is 431 g/mol. The fourth-order valence-corrected chi connectivity index (χ4v) is 3.39. The third-order valence-electron chi connectivity index (χ3n) is 5.35. The van der Waals surface area contributed by atoms with Crippen molar-refractivity contribution in [2.45, 2.75) is 71.8 Å². The molecule has 0 fully saturated rings. The number of esters is 1. The zero-order valence-electron chi connectivity index (χ0n) is 19.5. The molecule has 0 saturated carbocycles. The fourth-order valence-electron chi connectivity index (χ4n) is 3.39. The maximum absolute atomic E-state index is 13.3. The van der Waals surface area contributed by atoms with Gasteiger partial charge in [0.25, 0.3) is 0 Å². The minimum Gasteiger partial charge on any atom is -0.454 e. The number of ether oxygens (including phenoxy) is 2. The van der Waals surface area contributed by atoms with Gasteiger partial charge in [0.2, 0.25) is 5.91 Å². The number of carbonyl (C=O) groups excluding carboxylic acids is 3. The Hall–Kier alpha value is -2.83. The van der Waals surface area contributed by atoms with Crippen LogP contribution >= 0.6 is 0 Å². The highest BCUT2D eigenvalue weighted by Crippen LogP contribution is 2.28. The van der Waals surface area contributed by atoms with E-state index in [1.165, 1.54) is 11.8 Å². The molecule has 7 nitrogen and oxygen atoms in total. The zero-order chi connectivity index (χ0) is 23.3. The number of hydrogen-bond acceptors (Lipinski definition) is 5. The van der Waals surface area contributed by atoms with Gasteiger partial charge in [-0.25, -0.2) is 9.59 Å². The van der Waals surface area contributed by atoms with Crippen LogP contribution in [0.2, 0.25) is 0 Å². The van der Waals surface area contributed by atoms with Crippen LogP contribution in [-0.2, 0) is 19.1 Å². The fraction of sp³-hybridized carbons (Fsp3) is 0.542. The molecule has 1 aliphatic heterocycles. The Morgan fingerprint density at radius 1 is 1.16 bits per heavy atom. The first kappa shape index (κ1) is 24.4. The predicted molar refractivity (Wildman–Crippen MR) is 118 cm³/mol. The summed E-state index contributed by atoms with van der Waals surface area (Å²) in [4.78, 5) is 40.9. The second-order valence-electron chi connectivity index (χ2n) is 9.04. The summed E-state index contributed by atoms with van der Waals surface area (Å²) in [6.45, 7) is 10.9. The van der Waals surface area contributed by atoms with Gasteiger partial charge in [0.1, 0.15) is 17.7 Å². The van der Waals surface area contributed by atoms with Crippen molar-refractivity contribution in [1.29, 1.82) is 0 Å². The Morgan fingerprint density at radius 2 is 1.77 bits per heavy atom. The largest absolute Gasteiger partial charge is 0.454 e. The summed E-state index contributed by atoms with van der Waals surface area (Å²) in [7, 11) is 1.68. The number of likely N-dealkylation sites (N-methyl/N-ethyl adjacent to an activating group) is 1. The lowest BCUT2D eigenvalue weighted by Crippen LogP contribution is -2.50. The van der Waals surface area contributed by atoms with E-state index in [9.17, 15) is 14.4 Å². The molecule has 0 saturated heterocycles. The highest BCUT2D eigenvalue weighted by molar-refractivity contribution is 5.83. The van der Waals surface area contributed by atoms with E-state index in [4.69, 9.17) is 9.47 Å². The molecule has 1 heterocycles. The van der Waals surface area contributed by atoms with Crippen molar-refractivity contribution in [1.82, 2.24) is 9.80 Å². The van der Waals surface area contributed by atoms with Gasteiger partial charge in [0.15, 0.2) is 0 Å². The third kappa shape index (κ3) is 6.57. The van der Waals surface area contributed by atoms with Crippen LogP contribution < -0.4 is 0 Å². The topological polar surface area (TPSA) is 76.2 Å². The highest BCUT2D eigenvalue weighted by atomic mass is 16.6. The molecule has 1 aromatic carbocycles. The second kappa shape index (κ2) is 9.98. The summed E-state index contributed by atoms with van der Waals surface area (Å²) in [5.41, 5.74) is 1.11. The molecule has 2 rings (SSSR count). The van der Waals surface area contributed by atoms with Crippen molar-refractivity contribution < 1.29 is 23.9 Å². The molecule has 0 N–H and O–H groups in total. The lowest BCUT2D eigenvalue weighted by Gasteiger charge is -2.37. The Labute approximate surface area is 185 Å². The van der Waals surface area contributed by atoms with Crippen LogP contribution in [0.25, 0.3) is 0 Å². The number of rotatable bonds is 5. The summed E-state index contributed by atoms with van der Waals surface area (Å²) in [5, 5.41) is 0. The van der Waals surface area contributed by atoms with Crippen molar-refractivity contribution in [2.75, 3.05) is 13.6 Å². The van der Waals surface area contributed by atoms with Crippen LogP contribution in [0.1, 0.15) is 59.6 Å². The van der Waals surface area contributed by atoms with Crippen LogP contribution in [0.15, 0.2) is 42.0 Å². The summed E-state index contributed by atoms with van der Waals surface area (Å²) in [5.74, 6) is -0.646. The molecule has 31 heavy (non-hydrogen) atoms. The van der Waals surface area contributed by atoms with Crippen LogP contribution in [-0.4, -0.2) is 59.0 Å². The van der Waals surface area contributed by atoms with Crippen LogP contribution in [0.4, 0.5) is 4.79 Å². The van der Waals surface area contributed by atoms with Gasteiger partial charge in [-0.3, -0.25) is 9.69 Å². The summed E-state index contributed by atoms with van der Waals surface area (Å²) in [6.07, 6.45) is 1.06. The molecule has 0 spiro atoms. The highest BCUT2D eigenvalue weighted by Gasteiger charge is 2.38. The molecule has 0 bridgehead atoms. The van der Waals surface area contributed by atoms with Gasteiger partial charge in [-0.15, -0.1) is 0 Å². The lowest BCUT2D eigenvalue weighted by molar-refractivity contribution is -0.160. The first-order valence-electron chi connectivity index (χ1n) is 10.5. The first-order chi connectivity index (χ1) is 14.4. The summed E-state index contributed by atoms with van der Waals surface area (Å²) < 4.78 is 11.5. The van der Waals surface area contributed by atoms with Crippen LogP contribution in [0.5, 0.6) is 0 Å². The summed E-state index contributed by atoms with van der Waals surface area (Å²) in [6, 6.07) is 8.13. The maximum atomic E-state index is 13.3. The van der Waals surface area contributed by atoms with E-state index in [0.717, 1.165) is 11.1 Å². The van der Waals surface area contributed by atoms with Crippen molar-refractivity contribution in [3.63, 3.8) is 0 Å². The normalized spacial score (nSPS) is 18.5.